The first-order valence-corrected chi connectivity index (χ1v) is 4.55. The summed E-state index contributed by atoms with van der Waals surface area (Å²) < 4.78 is 134. The van der Waals surface area contributed by atoms with Gasteiger partial charge in [0.15, 0.2) is 0 Å². The third-order valence-corrected chi connectivity index (χ3v) is 2.27. The lowest BCUT2D eigenvalue weighted by atomic mass is 9.94. The zero-order valence-electron chi connectivity index (χ0n) is 9.02. The third-order valence-electron chi connectivity index (χ3n) is 2.27. The molecule has 0 heterocycles. The van der Waals surface area contributed by atoms with Crippen LogP contribution in [0.2, 0.25) is 0 Å². The van der Waals surface area contributed by atoms with Crippen LogP contribution in [0.25, 0.3) is 0 Å². The average molecular weight is 312 g/mol. The van der Waals surface area contributed by atoms with Gasteiger partial charge in [-0.25, -0.2) is 8.78 Å². The Balaban J connectivity index is 5.30. The second kappa shape index (κ2) is 4.97. The van der Waals surface area contributed by atoms with E-state index in [0.29, 0.717) is 0 Å². The summed E-state index contributed by atoms with van der Waals surface area (Å²) in [5, 5.41) is 0. The molecule has 0 N–H and O–H groups in total. The summed E-state index contributed by atoms with van der Waals surface area (Å²) in [7, 11) is 0. The summed E-state index contributed by atoms with van der Waals surface area (Å²) in [6.45, 7) is 0.0461. The molecule has 0 aliphatic heterocycles. The molecular weight excluding hydrogens is 305 g/mol. The quantitative estimate of drug-likeness (QED) is 0.643. The van der Waals surface area contributed by atoms with E-state index in [1.807, 2.05) is 0 Å². The Morgan fingerprint density at radius 1 is 0.789 bits per heavy atom. The van der Waals surface area contributed by atoms with Gasteiger partial charge in [-0.3, -0.25) is 0 Å². The molecule has 0 spiro atoms. The van der Waals surface area contributed by atoms with Crippen LogP contribution < -0.4 is 0 Å². The van der Waals surface area contributed by atoms with Crippen LogP contribution in [0.15, 0.2) is 0 Å². The van der Waals surface area contributed by atoms with Crippen LogP contribution in [0.4, 0.5) is 48.3 Å². The van der Waals surface area contributed by atoms with Gasteiger partial charge < -0.3 is 0 Å². The topological polar surface area (TPSA) is 0 Å². The Hall–Kier alpha value is -0.770. The van der Waals surface area contributed by atoms with E-state index in [9.17, 15) is 48.3 Å². The second-order valence-electron chi connectivity index (χ2n) is 3.85. The van der Waals surface area contributed by atoms with E-state index in [0.717, 1.165) is 0 Å². The van der Waals surface area contributed by atoms with Gasteiger partial charge >= 0.3 is 30.4 Å². The van der Waals surface area contributed by atoms with Crippen molar-refractivity contribution in [3.05, 3.63) is 0 Å². The molecule has 0 rings (SSSR count). The zero-order chi connectivity index (χ0) is 15.9. The van der Waals surface area contributed by atoms with Gasteiger partial charge in [0, 0.05) is 6.42 Å². The summed E-state index contributed by atoms with van der Waals surface area (Å²) in [4.78, 5) is 0. The molecule has 0 saturated heterocycles. The summed E-state index contributed by atoms with van der Waals surface area (Å²) in [5.74, 6) is -22.1. The Morgan fingerprint density at radius 3 is 1.42 bits per heavy atom. The summed E-state index contributed by atoms with van der Waals surface area (Å²) in [6, 6.07) is 0. The smallest absolute Gasteiger partial charge is 0.203 e. The predicted molar refractivity (Wildman–Crippen MR) is 40.7 cm³/mol. The fourth-order valence-corrected chi connectivity index (χ4v) is 1.01. The maximum Gasteiger partial charge on any atom is 0.391 e. The average Bonchev–Trinajstić information content (AvgIpc) is 2.14. The highest BCUT2D eigenvalue weighted by atomic mass is 19.4. The minimum atomic E-state index is -6.60. The van der Waals surface area contributed by atoms with E-state index in [-0.39, 0.29) is 6.92 Å². The SMILES string of the molecule is CC(CC(F)(F)C(F)(F)C(F)(F)C(F)F)C(F)(F)F. The summed E-state index contributed by atoms with van der Waals surface area (Å²) in [5.41, 5.74) is 0. The molecule has 0 aromatic carbocycles. The first kappa shape index (κ1) is 18.2. The van der Waals surface area contributed by atoms with Crippen molar-refractivity contribution in [2.45, 2.75) is 43.7 Å². The van der Waals surface area contributed by atoms with Gasteiger partial charge in [0.25, 0.3) is 0 Å². The molecule has 116 valence electrons. The van der Waals surface area contributed by atoms with E-state index in [1.54, 1.807) is 0 Å². The number of hydrogen-bond acceptors (Lipinski definition) is 0. The summed E-state index contributed by atoms with van der Waals surface area (Å²) in [6.07, 6.45) is -13.2. The Labute approximate surface area is 99.1 Å². The third kappa shape index (κ3) is 3.41. The fourth-order valence-electron chi connectivity index (χ4n) is 1.01. The van der Waals surface area contributed by atoms with Crippen molar-refractivity contribution in [3.8, 4) is 0 Å². The number of alkyl halides is 11. The van der Waals surface area contributed by atoms with Crippen molar-refractivity contribution in [1.29, 1.82) is 0 Å². The molecular formula is C8H7F11. The molecule has 1 atom stereocenters. The first-order valence-electron chi connectivity index (χ1n) is 4.55. The molecule has 19 heavy (non-hydrogen) atoms. The van der Waals surface area contributed by atoms with Gasteiger partial charge in [-0.2, -0.15) is 39.5 Å². The molecule has 0 aliphatic carbocycles. The largest absolute Gasteiger partial charge is 0.391 e. The molecule has 0 nitrogen and oxygen atoms in total. The van der Waals surface area contributed by atoms with Gasteiger partial charge in [0.05, 0.1) is 5.92 Å². The van der Waals surface area contributed by atoms with Gasteiger partial charge in [-0.15, -0.1) is 0 Å². The molecule has 0 amide bonds. The maximum atomic E-state index is 12.8. The highest BCUT2D eigenvalue weighted by molar-refractivity contribution is 4.98. The molecule has 0 aromatic rings. The zero-order valence-corrected chi connectivity index (χ0v) is 9.02. The van der Waals surface area contributed by atoms with Crippen molar-refractivity contribution in [2.75, 3.05) is 0 Å². The molecule has 0 aliphatic rings. The lowest BCUT2D eigenvalue weighted by Gasteiger charge is -2.33. The van der Waals surface area contributed by atoms with Crippen LogP contribution in [0, 0.1) is 5.92 Å². The number of halogens is 11. The van der Waals surface area contributed by atoms with Gasteiger partial charge in [-0.1, -0.05) is 6.92 Å². The maximum absolute atomic E-state index is 12.8. The lowest BCUT2D eigenvalue weighted by molar-refractivity contribution is -0.345. The van der Waals surface area contributed by atoms with Crippen LogP contribution in [0.5, 0.6) is 0 Å². The van der Waals surface area contributed by atoms with Crippen molar-refractivity contribution in [3.63, 3.8) is 0 Å². The van der Waals surface area contributed by atoms with Crippen molar-refractivity contribution in [1.82, 2.24) is 0 Å². The van der Waals surface area contributed by atoms with E-state index < -0.39 is 42.7 Å². The van der Waals surface area contributed by atoms with Crippen LogP contribution in [0.1, 0.15) is 13.3 Å². The molecule has 1 unspecified atom stereocenters. The molecule has 0 radical (unpaired) electrons. The van der Waals surface area contributed by atoms with Crippen LogP contribution >= 0.6 is 0 Å². The monoisotopic (exact) mass is 312 g/mol. The number of rotatable bonds is 5. The van der Waals surface area contributed by atoms with Crippen LogP contribution in [0.3, 0.4) is 0 Å². The highest BCUT2D eigenvalue weighted by Crippen LogP contribution is 2.51. The van der Waals surface area contributed by atoms with Gasteiger partial charge in [-0.05, 0) is 0 Å². The van der Waals surface area contributed by atoms with Crippen LogP contribution in [-0.2, 0) is 0 Å². The lowest BCUT2D eigenvalue weighted by Crippen LogP contribution is -2.58. The summed E-state index contributed by atoms with van der Waals surface area (Å²) >= 11 is 0. The predicted octanol–water partition coefficient (Wildman–Crippen LogP) is 4.75. The Bertz CT molecular complexity index is 302. The molecule has 0 bridgehead atoms. The van der Waals surface area contributed by atoms with Gasteiger partial charge in [0.1, 0.15) is 0 Å². The minimum absolute atomic E-state index is 0.0461. The van der Waals surface area contributed by atoms with Crippen molar-refractivity contribution >= 4 is 0 Å². The Kier molecular flexibility index (Phi) is 4.77. The normalized spacial score (nSPS) is 16.9. The molecule has 11 heteroatoms. The van der Waals surface area contributed by atoms with E-state index in [2.05, 4.69) is 0 Å². The van der Waals surface area contributed by atoms with Crippen molar-refractivity contribution < 1.29 is 48.3 Å². The number of hydrogen-bond donors (Lipinski definition) is 0. The van der Waals surface area contributed by atoms with Gasteiger partial charge in [0.2, 0.25) is 0 Å². The second-order valence-corrected chi connectivity index (χ2v) is 3.85. The molecule has 0 saturated carbocycles. The molecule has 0 fully saturated rings. The fraction of sp³-hybridized carbons (Fsp3) is 1.00. The standard InChI is InChI=1S/C8H7F11/c1-3(7(15,16)17)2-5(11,12)8(18,19)6(13,14)4(9)10/h3-4H,2H2,1H3. The van der Waals surface area contributed by atoms with E-state index in [4.69, 9.17) is 0 Å². The minimum Gasteiger partial charge on any atom is -0.203 e. The molecule has 0 aromatic heterocycles. The highest BCUT2D eigenvalue weighted by Gasteiger charge is 2.75. The van der Waals surface area contributed by atoms with Crippen molar-refractivity contribution in [2.24, 2.45) is 5.92 Å². The van der Waals surface area contributed by atoms with Crippen LogP contribution in [-0.4, -0.2) is 30.4 Å². The first-order chi connectivity index (χ1) is 8.07. The van der Waals surface area contributed by atoms with E-state index >= 15 is 0 Å². The Morgan fingerprint density at radius 2 is 1.16 bits per heavy atom. The van der Waals surface area contributed by atoms with E-state index in [1.165, 1.54) is 0 Å².